The van der Waals surface area contributed by atoms with E-state index in [0.29, 0.717) is 30.1 Å². The molecule has 124 valence electrons. The Bertz CT molecular complexity index is 871. The first-order valence-corrected chi connectivity index (χ1v) is 8.17. The minimum absolute atomic E-state index is 0.0725. The zero-order valence-electron chi connectivity index (χ0n) is 12.8. The van der Waals surface area contributed by atoms with Gasteiger partial charge >= 0.3 is 0 Å². The van der Waals surface area contributed by atoms with Crippen LogP contribution in [0.4, 0.5) is 4.39 Å². The van der Waals surface area contributed by atoms with Gasteiger partial charge in [-0.15, -0.1) is 0 Å². The van der Waals surface area contributed by atoms with Crippen LogP contribution in [0.15, 0.2) is 39.8 Å². The molecule has 2 aliphatic heterocycles. The minimum Gasteiger partial charge on any atom is -0.497 e. The molecule has 0 saturated carbocycles. The van der Waals surface area contributed by atoms with Crippen LogP contribution in [0.1, 0.15) is 17.5 Å². The average molecular weight is 393 g/mol. The second kappa shape index (κ2) is 5.37. The summed E-state index contributed by atoms with van der Waals surface area (Å²) in [4.78, 5) is 4.56. The number of methoxy groups -OCH3 is 1. The summed E-state index contributed by atoms with van der Waals surface area (Å²) in [6.07, 6.45) is 0.514. The molecule has 0 bridgehead atoms. The molecule has 0 amide bonds. The predicted molar refractivity (Wildman–Crippen MR) is 90.1 cm³/mol. The molecule has 2 aromatic rings. The van der Waals surface area contributed by atoms with Gasteiger partial charge in [-0.1, -0.05) is 15.9 Å². The first-order valence-electron chi connectivity index (χ1n) is 7.37. The SMILES string of the molecule is COc1cc(F)c2c(c1)[C@]1(CCOC(N)=N1)c1cc(Br)ccc1O2. The number of ether oxygens (including phenoxy) is 3. The highest BCUT2D eigenvalue weighted by Gasteiger charge is 2.46. The molecule has 0 radical (unpaired) electrons. The van der Waals surface area contributed by atoms with Gasteiger partial charge in [0.25, 0.3) is 6.02 Å². The number of hydrogen-bond donors (Lipinski definition) is 1. The van der Waals surface area contributed by atoms with Gasteiger partial charge in [-0.3, -0.25) is 0 Å². The van der Waals surface area contributed by atoms with E-state index in [2.05, 4.69) is 20.9 Å². The first-order chi connectivity index (χ1) is 11.5. The van der Waals surface area contributed by atoms with Crippen molar-refractivity contribution in [3.05, 3.63) is 51.7 Å². The fraction of sp³-hybridized carbons (Fsp3) is 0.235. The van der Waals surface area contributed by atoms with Gasteiger partial charge in [0.2, 0.25) is 0 Å². The van der Waals surface area contributed by atoms with Crippen molar-refractivity contribution in [1.29, 1.82) is 0 Å². The molecule has 2 aromatic carbocycles. The Morgan fingerprint density at radius 2 is 2.12 bits per heavy atom. The lowest BCUT2D eigenvalue weighted by atomic mass is 9.77. The van der Waals surface area contributed by atoms with Crippen LogP contribution >= 0.6 is 15.9 Å². The van der Waals surface area contributed by atoms with Crippen molar-refractivity contribution in [2.75, 3.05) is 13.7 Å². The van der Waals surface area contributed by atoms with Crippen molar-refractivity contribution in [3.8, 4) is 17.2 Å². The van der Waals surface area contributed by atoms with Gasteiger partial charge in [0.1, 0.15) is 17.0 Å². The van der Waals surface area contributed by atoms with Crippen LogP contribution < -0.4 is 15.2 Å². The van der Waals surface area contributed by atoms with Gasteiger partial charge in [-0.25, -0.2) is 9.38 Å². The molecule has 7 heteroatoms. The molecule has 0 unspecified atom stereocenters. The van der Waals surface area contributed by atoms with Crippen LogP contribution in [0.5, 0.6) is 17.2 Å². The van der Waals surface area contributed by atoms with E-state index in [1.807, 2.05) is 12.1 Å². The molecule has 1 spiro atoms. The Kier molecular flexibility index (Phi) is 3.42. The van der Waals surface area contributed by atoms with Crippen molar-refractivity contribution in [2.24, 2.45) is 10.7 Å². The van der Waals surface area contributed by atoms with Gasteiger partial charge < -0.3 is 19.9 Å². The van der Waals surface area contributed by atoms with E-state index < -0.39 is 11.4 Å². The fourth-order valence-corrected chi connectivity index (χ4v) is 3.60. The van der Waals surface area contributed by atoms with E-state index in [0.717, 1.165) is 10.0 Å². The van der Waals surface area contributed by atoms with Crippen molar-refractivity contribution >= 4 is 22.0 Å². The summed E-state index contributed by atoms with van der Waals surface area (Å²) < 4.78 is 31.8. The number of nitrogens with zero attached hydrogens (tertiary/aromatic N) is 1. The second-order valence-electron chi connectivity index (χ2n) is 5.64. The summed E-state index contributed by atoms with van der Waals surface area (Å²) >= 11 is 3.47. The lowest BCUT2D eigenvalue weighted by molar-refractivity contribution is 0.217. The zero-order valence-corrected chi connectivity index (χ0v) is 14.4. The molecule has 4 rings (SSSR count). The fourth-order valence-electron chi connectivity index (χ4n) is 3.24. The van der Waals surface area contributed by atoms with E-state index in [-0.39, 0.29) is 11.8 Å². The smallest absolute Gasteiger partial charge is 0.283 e. The molecular formula is C17H14BrFN2O3. The van der Waals surface area contributed by atoms with Crippen LogP contribution in [-0.4, -0.2) is 19.7 Å². The lowest BCUT2D eigenvalue weighted by Gasteiger charge is -2.39. The zero-order chi connectivity index (χ0) is 16.9. The Hall–Kier alpha value is -2.28. The number of nitrogens with two attached hydrogens (primary N) is 1. The maximum atomic E-state index is 14.6. The Morgan fingerprint density at radius 3 is 2.88 bits per heavy atom. The van der Waals surface area contributed by atoms with E-state index in [1.165, 1.54) is 13.2 Å². The van der Waals surface area contributed by atoms with E-state index in [4.69, 9.17) is 19.9 Å². The summed E-state index contributed by atoms with van der Waals surface area (Å²) in [5.41, 5.74) is 6.37. The van der Waals surface area contributed by atoms with Gasteiger partial charge in [-0.05, 0) is 24.3 Å². The van der Waals surface area contributed by atoms with Crippen molar-refractivity contribution < 1.29 is 18.6 Å². The normalized spacial score (nSPS) is 21.2. The summed E-state index contributed by atoms with van der Waals surface area (Å²) in [6, 6.07) is 8.65. The molecule has 0 fully saturated rings. The van der Waals surface area contributed by atoms with Gasteiger partial charge in [0.05, 0.1) is 13.7 Å². The maximum absolute atomic E-state index is 14.6. The molecule has 5 nitrogen and oxygen atoms in total. The number of hydrogen-bond acceptors (Lipinski definition) is 5. The Balaban J connectivity index is 2.06. The van der Waals surface area contributed by atoms with Crippen LogP contribution in [0.3, 0.4) is 0 Å². The number of fused-ring (bicyclic) bond motifs is 4. The molecular weight excluding hydrogens is 379 g/mol. The van der Waals surface area contributed by atoms with Crippen LogP contribution in [0, 0.1) is 5.82 Å². The molecule has 1 atom stereocenters. The number of halogens is 2. The largest absolute Gasteiger partial charge is 0.497 e. The van der Waals surface area contributed by atoms with E-state index >= 15 is 0 Å². The van der Waals surface area contributed by atoms with Crippen LogP contribution in [-0.2, 0) is 10.3 Å². The summed E-state index contributed by atoms with van der Waals surface area (Å²) in [6.45, 7) is 0.375. The monoisotopic (exact) mass is 392 g/mol. The highest BCUT2D eigenvalue weighted by Crippen LogP contribution is 2.53. The maximum Gasteiger partial charge on any atom is 0.283 e. The minimum atomic E-state index is -0.871. The third kappa shape index (κ3) is 2.15. The summed E-state index contributed by atoms with van der Waals surface area (Å²) in [5, 5.41) is 0. The molecule has 2 heterocycles. The third-order valence-electron chi connectivity index (χ3n) is 4.31. The van der Waals surface area contributed by atoms with Gasteiger partial charge in [0, 0.05) is 28.1 Å². The lowest BCUT2D eigenvalue weighted by Crippen LogP contribution is -2.38. The predicted octanol–water partition coefficient (Wildman–Crippen LogP) is 3.68. The number of aliphatic imine (C=N–C) groups is 1. The highest BCUT2D eigenvalue weighted by atomic mass is 79.9. The topological polar surface area (TPSA) is 66.1 Å². The molecule has 24 heavy (non-hydrogen) atoms. The van der Waals surface area contributed by atoms with Gasteiger partial charge in [0.15, 0.2) is 11.6 Å². The van der Waals surface area contributed by atoms with Crippen LogP contribution in [0.25, 0.3) is 0 Å². The van der Waals surface area contributed by atoms with E-state index in [1.54, 1.807) is 12.1 Å². The van der Waals surface area contributed by atoms with E-state index in [9.17, 15) is 4.39 Å². The average Bonchev–Trinajstić information content (AvgIpc) is 2.56. The third-order valence-corrected chi connectivity index (χ3v) is 4.81. The first kappa shape index (κ1) is 15.3. The second-order valence-corrected chi connectivity index (χ2v) is 6.55. The Labute approximate surface area is 146 Å². The Morgan fingerprint density at radius 1 is 1.29 bits per heavy atom. The molecule has 0 aromatic heterocycles. The van der Waals surface area contributed by atoms with Gasteiger partial charge in [-0.2, -0.15) is 0 Å². The molecule has 2 aliphatic rings. The molecule has 0 saturated heterocycles. The number of benzene rings is 2. The number of rotatable bonds is 1. The highest BCUT2D eigenvalue weighted by molar-refractivity contribution is 9.10. The summed E-state index contributed by atoms with van der Waals surface area (Å²) in [7, 11) is 1.49. The number of amidine groups is 1. The van der Waals surface area contributed by atoms with Crippen molar-refractivity contribution in [1.82, 2.24) is 0 Å². The standard InChI is InChI=1S/C17H14BrFN2O3/c1-22-10-7-12-15(13(19)8-10)24-14-3-2-9(18)6-11(14)17(12)4-5-23-16(20)21-17/h2-3,6-8H,4-5H2,1H3,(H2,20,21)/t17-/m0/s1. The quantitative estimate of drug-likeness (QED) is 0.803. The molecule has 0 aliphatic carbocycles. The van der Waals surface area contributed by atoms with Crippen LogP contribution in [0.2, 0.25) is 0 Å². The summed E-state index contributed by atoms with van der Waals surface area (Å²) in [5.74, 6) is 0.586. The molecule has 2 N–H and O–H groups in total. The van der Waals surface area contributed by atoms with Crippen molar-refractivity contribution in [3.63, 3.8) is 0 Å². The van der Waals surface area contributed by atoms with Crippen molar-refractivity contribution in [2.45, 2.75) is 12.0 Å².